The minimum absolute atomic E-state index is 0.143. The van der Waals surface area contributed by atoms with Crippen molar-refractivity contribution in [2.75, 3.05) is 18.9 Å². The average molecular weight is 365 g/mol. The number of anilines is 1. The number of amides is 1. The van der Waals surface area contributed by atoms with Gasteiger partial charge in [-0.05, 0) is 32.5 Å². The van der Waals surface area contributed by atoms with E-state index in [1.807, 2.05) is 50.7 Å². The summed E-state index contributed by atoms with van der Waals surface area (Å²) in [6, 6.07) is 5.88. The van der Waals surface area contributed by atoms with Crippen molar-refractivity contribution in [3.8, 4) is 0 Å². The number of carbonyl (C=O) groups excluding carboxylic acids is 1. The van der Waals surface area contributed by atoms with Crippen LogP contribution >= 0.6 is 0 Å². The summed E-state index contributed by atoms with van der Waals surface area (Å²) < 4.78 is 3.28. The molecule has 1 N–H and O–H groups in total. The van der Waals surface area contributed by atoms with Crippen LogP contribution in [0, 0.1) is 13.8 Å². The first-order chi connectivity index (χ1) is 12.9. The normalized spacial score (nSPS) is 14.4. The Hall–Kier alpha value is -2.93. The molecule has 3 aromatic rings. The SMILES string of the molecule is Cc1ccc(NC(=O)c2cnn3c(=O)c4c(n(C)c23)CCN(C)C4)c(C)c1. The first-order valence-corrected chi connectivity index (χ1v) is 9.02. The number of aryl methyl sites for hydroxylation is 3. The standard InChI is InChI=1S/C20H23N5O2/c1-12-5-6-16(13(2)9-12)22-18(26)14-10-21-25-19(14)24(4)17-7-8-23(3)11-15(17)20(25)27/h5-6,9-10H,7-8,11H2,1-4H3,(H,22,26). The summed E-state index contributed by atoms with van der Waals surface area (Å²) >= 11 is 0. The van der Waals surface area contributed by atoms with Crippen molar-refractivity contribution in [1.82, 2.24) is 19.1 Å². The zero-order chi connectivity index (χ0) is 19.3. The summed E-state index contributed by atoms with van der Waals surface area (Å²) in [5.74, 6) is -0.264. The number of hydrogen-bond donors (Lipinski definition) is 1. The average Bonchev–Trinajstić information content (AvgIpc) is 3.07. The molecular formula is C20H23N5O2. The van der Waals surface area contributed by atoms with E-state index >= 15 is 0 Å². The van der Waals surface area contributed by atoms with Gasteiger partial charge < -0.3 is 14.8 Å². The molecule has 0 fully saturated rings. The highest BCUT2D eigenvalue weighted by molar-refractivity contribution is 6.08. The number of rotatable bonds is 2. The molecule has 3 heterocycles. The number of fused-ring (bicyclic) bond motifs is 2. The van der Waals surface area contributed by atoms with Gasteiger partial charge in [-0.15, -0.1) is 0 Å². The Labute approximate surface area is 157 Å². The highest BCUT2D eigenvalue weighted by Gasteiger charge is 2.25. The maximum atomic E-state index is 12.9. The van der Waals surface area contributed by atoms with Crippen molar-refractivity contribution in [3.63, 3.8) is 0 Å². The summed E-state index contributed by atoms with van der Waals surface area (Å²) in [5, 5.41) is 7.17. The molecule has 1 aromatic carbocycles. The molecule has 1 amide bonds. The Morgan fingerprint density at radius 3 is 2.74 bits per heavy atom. The molecule has 0 bridgehead atoms. The molecule has 0 saturated carbocycles. The van der Waals surface area contributed by atoms with E-state index in [1.54, 1.807) is 0 Å². The van der Waals surface area contributed by atoms with Crippen LogP contribution in [-0.4, -0.2) is 38.6 Å². The largest absolute Gasteiger partial charge is 0.332 e. The molecule has 0 radical (unpaired) electrons. The van der Waals surface area contributed by atoms with Gasteiger partial charge in [0.2, 0.25) is 0 Å². The maximum absolute atomic E-state index is 12.9. The molecule has 1 aliphatic rings. The second-order valence-corrected chi connectivity index (χ2v) is 7.34. The summed E-state index contributed by atoms with van der Waals surface area (Å²) in [5.41, 5.74) is 5.41. The Bertz CT molecular complexity index is 1130. The third kappa shape index (κ3) is 2.84. The number of aromatic nitrogens is 3. The first kappa shape index (κ1) is 17.5. The van der Waals surface area contributed by atoms with Crippen molar-refractivity contribution in [2.24, 2.45) is 7.05 Å². The molecule has 7 nitrogen and oxygen atoms in total. The van der Waals surface area contributed by atoms with Crippen LogP contribution < -0.4 is 10.9 Å². The smallest absolute Gasteiger partial charge is 0.279 e. The predicted octanol–water partition coefficient (Wildman–Crippen LogP) is 1.89. The maximum Gasteiger partial charge on any atom is 0.279 e. The van der Waals surface area contributed by atoms with Gasteiger partial charge in [0.1, 0.15) is 5.56 Å². The molecule has 140 valence electrons. The van der Waals surface area contributed by atoms with E-state index in [4.69, 9.17) is 0 Å². The fourth-order valence-electron chi connectivity index (χ4n) is 3.82. The monoisotopic (exact) mass is 365 g/mol. The molecule has 1 aliphatic heterocycles. The molecule has 0 atom stereocenters. The van der Waals surface area contributed by atoms with Crippen LogP contribution in [0.15, 0.2) is 29.2 Å². The first-order valence-electron chi connectivity index (χ1n) is 9.02. The lowest BCUT2D eigenvalue weighted by Gasteiger charge is -2.26. The van der Waals surface area contributed by atoms with Crippen LogP contribution in [0.2, 0.25) is 0 Å². The van der Waals surface area contributed by atoms with E-state index in [0.29, 0.717) is 17.8 Å². The molecule has 7 heteroatoms. The van der Waals surface area contributed by atoms with Gasteiger partial charge in [0, 0.05) is 37.9 Å². The Balaban J connectivity index is 1.80. The van der Waals surface area contributed by atoms with Crippen LogP contribution in [0.1, 0.15) is 32.7 Å². The summed E-state index contributed by atoms with van der Waals surface area (Å²) in [4.78, 5) is 27.9. The van der Waals surface area contributed by atoms with Crippen LogP contribution in [0.4, 0.5) is 5.69 Å². The number of likely N-dealkylation sites (N-methyl/N-ethyl adjacent to an activating group) is 1. The van der Waals surface area contributed by atoms with E-state index < -0.39 is 0 Å². The van der Waals surface area contributed by atoms with Crippen molar-refractivity contribution in [2.45, 2.75) is 26.8 Å². The number of hydrogen-bond acceptors (Lipinski definition) is 4. The van der Waals surface area contributed by atoms with Crippen LogP contribution in [0.25, 0.3) is 5.65 Å². The van der Waals surface area contributed by atoms with Gasteiger partial charge in [0.05, 0.1) is 11.8 Å². The molecule has 4 rings (SSSR count). The van der Waals surface area contributed by atoms with Gasteiger partial charge >= 0.3 is 0 Å². The van der Waals surface area contributed by atoms with Crippen LogP contribution in [-0.2, 0) is 20.0 Å². The van der Waals surface area contributed by atoms with E-state index in [1.165, 1.54) is 10.7 Å². The van der Waals surface area contributed by atoms with Gasteiger partial charge in [-0.3, -0.25) is 9.59 Å². The predicted molar refractivity (Wildman–Crippen MR) is 104 cm³/mol. The summed E-state index contributed by atoms with van der Waals surface area (Å²) in [6.07, 6.45) is 2.25. The topological polar surface area (TPSA) is 71.6 Å². The van der Waals surface area contributed by atoms with E-state index in [9.17, 15) is 9.59 Å². The lowest BCUT2D eigenvalue weighted by molar-refractivity contribution is 0.102. The van der Waals surface area contributed by atoms with Crippen molar-refractivity contribution in [1.29, 1.82) is 0 Å². The second kappa shape index (κ2) is 6.35. The Morgan fingerprint density at radius 1 is 1.22 bits per heavy atom. The highest BCUT2D eigenvalue weighted by Crippen LogP contribution is 2.21. The molecule has 0 saturated heterocycles. The number of benzene rings is 1. The van der Waals surface area contributed by atoms with E-state index in [-0.39, 0.29) is 11.5 Å². The molecule has 0 aliphatic carbocycles. The van der Waals surface area contributed by atoms with Crippen LogP contribution in [0.5, 0.6) is 0 Å². The quantitative estimate of drug-likeness (QED) is 0.753. The van der Waals surface area contributed by atoms with Gasteiger partial charge in [-0.2, -0.15) is 9.61 Å². The van der Waals surface area contributed by atoms with Crippen molar-refractivity contribution < 1.29 is 4.79 Å². The van der Waals surface area contributed by atoms with Gasteiger partial charge in [-0.1, -0.05) is 17.7 Å². The lowest BCUT2D eigenvalue weighted by Crippen LogP contribution is -2.36. The van der Waals surface area contributed by atoms with E-state index in [0.717, 1.165) is 41.0 Å². The fourth-order valence-corrected chi connectivity index (χ4v) is 3.82. The summed E-state index contributed by atoms with van der Waals surface area (Å²) in [7, 11) is 3.90. The second-order valence-electron chi connectivity index (χ2n) is 7.34. The lowest BCUT2D eigenvalue weighted by atomic mass is 10.1. The zero-order valence-corrected chi connectivity index (χ0v) is 16.0. The third-order valence-electron chi connectivity index (χ3n) is 5.30. The van der Waals surface area contributed by atoms with Crippen molar-refractivity contribution >= 4 is 17.2 Å². The van der Waals surface area contributed by atoms with Crippen LogP contribution in [0.3, 0.4) is 0 Å². The molecule has 0 unspecified atom stereocenters. The zero-order valence-electron chi connectivity index (χ0n) is 16.0. The number of carbonyl (C=O) groups is 1. The summed E-state index contributed by atoms with van der Waals surface area (Å²) in [6.45, 7) is 5.46. The van der Waals surface area contributed by atoms with Crippen molar-refractivity contribution in [3.05, 3.63) is 62.7 Å². The molecule has 0 spiro atoms. The minimum Gasteiger partial charge on any atom is -0.332 e. The van der Waals surface area contributed by atoms with E-state index in [2.05, 4.69) is 15.3 Å². The molecule has 27 heavy (non-hydrogen) atoms. The molecular weight excluding hydrogens is 342 g/mol. The minimum atomic E-state index is -0.264. The van der Waals surface area contributed by atoms with Gasteiger partial charge in [0.25, 0.3) is 11.5 Å². The van der Waals surface area contributed by atoms with Gasteiger partial charge in [-0.25, -0.2) is 0 Å². The fraction of sp³-hybridized carbons (Fsp3) is 0.350. The Kier molecular flexibility index (Phi) is 4.11. The number of nitrogens with one attached hydrogen (secondary N) is 1. The Morgan fingerprint density at radius 2 is 2.00 bits per heavy atom. The van der Waals surface area contributed by atoms with Gasteiger partial charge in [0.15, 0.2) is 5.65 Å². The third-order valence-corrected chi connectivity index (χ3v) is 5.30. The number of nitrogens with zero attached hydrogens (tertiary/aromatic N) is 4. The highest BCUT2D eigenvalue weighted by atomic mass is 16.2. The molecule has 2 aromatic heterocycles.